The van der Waals surface area contributed by atoms with Crippen LogP contribution in [0, 0.1) is 23.2 Å². The molecule has 0 aromatic carbocycles. The number of methoxy groups -OCH3 is 1. The third-order valence-electron chi connectivity index (χ3n) is 6.12. The topological polar surface area (TPSA) is 18.5 Å². The van der Waals surface area contributed by atoms with Gasteiger partial charge in [0.25, 0.3) is 0 Å². The van der Waals surface area contributed by atoms with Gasteiger partial charge in [-0.25, -0.2) is 0 Å². The van der Waals surface area contributed by atoms with E-state index < -0.39 is 0 Å². The van der Waals surface area contributed by atoms with Crippen molar-refractivity contribution >= 4 is 11.6 Å². The normalized spacial score (nSPS) is 19.3. The molecule has 1 aliphatic rings. The maximum absolute atomic E-state index is 7.23. The molecule has 0 spiro atoms. The zero-order valence-electron chi connectivity index (χ0n) is 18.4. The third-order valence-corrected chi connectivity index (χ3v) is 6.61. The minimum atomic E-state index is -0.0950. The fourth-order valence-electron chi connectivity index (χ4n) is 5.16. The van der Waals surface area contributed by atoms with Crippen molar-refractivity contribution in [3.05, 3.63) is 0 Å². The van der Waals surface area contributed by atoms with Crippen molar-refractivity contribution < 1.29 is 9.47 Å². The Morgan fingerprint density at radius 3 is 1.96 bits per heavy atom. The van der Waals surface area contributed by atoms with Crippen LogP contribution in [0.25, 0.3) is 0 Å². The van der Waals surface area contributed by atoms with Gasteiger partial charge in [-0.3, -0.25) is 0 Å². The molecular formula is C23H45ClO2. The van der Waals surface area contributed by atoms with Crippen LogP contribution < -0.4 is 0 Å². The van der Waals surface area contributed by atoms with Crippen molar-refractivity contribution in [2.45, 2.75) is 97.3 Å². The van der Waals surface area contributed by atoms with Gasteiger partial charge >= 0.3 is 0 Å². The summed E-state index contributed by atoms with van der Waals surface area (Å²) in [6.07, 6.45) is 11.1. The van der Waals surface area contributed by atoms with Crippen LogP contribution in [0.5, 0.6) is 0 Å². The van der Waals surface area contributed by atoms with Crippen LogP contribution in [0.4, 0.5) is 0 Å². The molecule has 2 nitrogen and oxygen atoms in total. The molecule has 0 aromatic rings. The number of alkyl halides is 1. The predicted molar refractivity (Wildman–Crippen MR) is 114 cm³/mol. The van der Waals surface area contributed by atoms with Gasteiger partial charge in [-0.1, -0.05) is 47.0 Å². The van der Waals surface area contributed by atoms with Gasteiger partial charge in [0.15, 0.2) is 0 Å². The lowest BCUT2D eigenvalue weighted by Crippen LogP contribution is -2.42. The fraction of sp³-hybridized carbons (Fsp3) is 1.00. The van der Waals surface area contributed by atoms with E-state index in [0.717, 1.165) is 45.5 Å². The summed E-state index contributed by atoms with van der Waals surface area (Å²) in [6, 6.07) is 0. The van der Waals surface area contributed by atoms with E-state index in [0.29, 0.717) is 17.8 Å². The molecule has 1 aliphatic carbocycles. The Kier molecular flexibility index (Phi) is 11.1. The first-order valence-electron chi connectivity index (χ1n) is 11.0. The van der Waals surface area contributed by atoms with Crippen LogP contribution in [-0.2, 0) is 9.47 Å². The molecule has 26 heavy (non-hydrogen) atoms. The van der Waals surface area contributed by atoms with Crippen molar-refractivity contribution in [2.24, 2.45) is 23.2 Å². The van der Waals surface area contributed by atoms with Gasteiger partial charge in [0.2, 0.25) is 0 Å². The smallest absolute Gasteiger partial charge is 0.0547 e. The van der Waals surface area contributed by atoms with Gasteiger partial charge in [-0.2, -0.15) is 0 Å². The zero-order chi connectivity index (χ0) is 19.6. The van der Waals surface area contributed by atoms with Gasteiger partial charge in [-0.05, 0) is 63.2 Å². The molecule has 0 aliphatic heterocycles. The second-order valence-electron chi connectivity index (χ2n) is 9.61. The number of rotatable bonds is 13. The summed E-state index contributed by atoms with van der Waals surface area (Å²) in [4.78, 5) is -0.0950. The highest BCUT2D eigenvalue weighted by atomic mass is 35.5. The highest BCUT2D eigenvalue weighted by Crippen LogP contribution is 2.46. The molecule has 0 bridgehead atoms. The van der Waals surface area contributed by atoms with E-state index in [2.05, 4.69) is 34.6 Å². The summed E-state index contributed by atoms with van der Waals surface area (Å²) in [5.41, 5.74) is 0.124. The average molecular weight is 389 g/mol. The Labute approximate surface area is 168 Å². The summed E-state index contributed by atoms with van der Waals surface area (Å²) >= 11 is 7.23. The highest BCUT2D eigenvalue weighted by Gasteiger charge is 2.42. The molecule has 3 heteroatoms. The molecular weight excluding hydrogens is 344 g/mol. The molecule has 1 unspecified atom stereocenters. The SMILES string of the molecule is CCOCC(CCC(Cl)(CC(C)C)CC(C)C)(COC)C1CCCCC1. The second kappa shape index (κ2) is 11.9. The van der Waals surface area contributed by atoms with Crippen LogP contribution in [0.2, 0.25) is 0 Å². The number of halogens is 1. The first kappa shape index (κ1) is 24.2. The first-order chi connectivity index (χ1) is 12.3. The van der Waals surface area contributed by atoms with E-state index in [-0.39, 0.29) is 10.3 Å². The number of ether oxygens (including phenoxy) is 2. The molecule has 0 amide bonds. The Hall–Kier alpha value is 0.210. The molecule has 0 N–H and O–H groups in total. The molecule has 1 saturated carbocycles. The van der Waals surface area contributed by atoms with Gasteiger partial charge < -0.3 is 9.47 Å². The summed E-state index contributed by atoms with van der Waals surface area (Å²) in [5, 5.41) is 0. The van der Waals surface area contributed by atoms with Gasteiger partial charge in [0.1, 0.15) is 0 Å². The minimum absolute atomic E-state index is 0.0950. The van der Waals surface area contributed by atoms with Crippen molar-refractivity contribution in [3.8, 4) is 0 Å². The standard InChI is InChI=1S/C23H45ClO2/c1-7-26-18-22(17-25-6,21-11-9-8-10-12-21)13-14-23(24,15-19(2)3)16-20(4)5/h19-21H,7-18H2,1-6H3. The summed E-state index contributed by atoms with van der Waals surface area (Å²) in [7, 11) is 1.85. The lowest BCUT2D eigenvalue weighted by Gasteiger charge is -2.44. The molecule has 0 aromatic heterocycles. The predicted octanol–water partition coefficient (Wildman–Crippen LogP) is 7.09. The van der Waals surface area contributed by atoms with Crippen LogP contribution in [-0.4, -0.2) is 31.8 Å². The van der Waals surface area contributed by atoms with E-state index in [4.69, 9.17) is 21.1 Å². The minimum Gasteiger partial charge on any atom is -0.384 e. The van der Waals surface area contributed by atoms with E-state index in [1.165, 1.54) is 32.1 Å². The molecule has 156 valence electrons. The zero-order valence-corrected chi connectivity index (χ0v) is 19.2. The van der Waals surface area contributed by atoms with E-state index in [9.17, 15) is 0 Å². The lowest BCUT2D eigenvalue weighted by molar-refractivity contribution is -0.0593. The van der Waals surface area contributed by atoms with E-state index >= 15 is 0 Å². The average Bonchev–Trinajstić information content (AvgIpc) is 2.57. The molecule has 1 rings (SSSR count). The maximum atomic E-state index is 7.23. The number of hydrogen-bond acceptors (Lipinski definition) is 2. The van der Waals surface area contributed by atoms with E-state index in [1.54, 1.807) is 0 Å². The quantitative estimate of drug-likeness (QED) is 0.313. The Bertz CT molecular complexity index is 353. The highest BCUT2D eigenvalue weighted by molar-refractivity contribution is 6.23. The Morgan fingerprint density at radius 2 is 1.50 bits per heavy atom. The Balaban J connectivity index is 2.96. The largest absolute Gasteiger partial charge is 0.384 e. The van der Waals surface area contributed by atoms with Crippen LogP contribution in [0.3, 0.4) is 0 Å². The van der Waals surface area contributed by atoms with Crippen molar-refractivity contribution in [1.82, 2.24) is 0 Å². The summed E-state index contributed by atoms with van der Waals surface area (Å²) < 4.78 is 11.8. The Morgan fingerprint density at radius 1 is 0.923 bits per heavy atom. The number of hydrogen-bond donors (Lipinski definition) is 0. The van der Waals surface area contributed by atoms with Gasteiger partial charge in [0, 0.05) is 24.0 Å². The van der Waals surface area contributed by atoms with Crippen LogP contribution >= 0.6 is 11.6 Å². The molecule has 1 atom stereocenters. The lowest BCUT2D eigenvalue weighted by atomic mass is 9.65. The van der Waals surface area contributed by atoms with Gasteiger partial charge in [-0.15, -0.1) is 11.6 Å². The second-order valence-corrected chi connectivity index (χ2v) is 10.4. The molecule has 0 saturated heterocycles. The van der Waals surface area contributed by atoms with Crippen LogP contribution in [0.15, 0.2) is 0 Å². The summed E-state index contributed by atoms with van der Waals surface area (Å²) in [5.74, 6) is 1.97. The van der Waals surface area contributed by atoms with E-state index in [1.807, 2.05) is 7.11 Å². The first-order valence-corrected chi connectivity index (χ1v) is 11.4. The third kappa shape index (κ3) is 8.07. The molecule has 0 heterocycles. The van der Waals surface area contributed by atoms with Crippen molar-refractivity contribution in [2.75, 3.05) is 26.9 Å². The fourth-order valence-corrected chi connectivity index (χ4v) is 5.87. The van der Waals surface area contributed by atoms with Crippen molar-refractivity contribution in [1.29, 1.82) is 0 Å². The van der Waals surface area contributed by atoms with Gasteiger partial charge in [0.05, 0.1) is 13.2 Å². The maximum Gasteiger partial charge on any atom is 0.0547 e. The summed E-state index contributed by atoms with van der Waals surface area (Å²) in [6.45, 7) is 13.7. The molecule has 1 fully saturated rings. The van der Waals surface area contributed by atoms with Crippen LogP contribution in [0.1, 0.15) is 92.4 Å². The monoisotopic (exact) mass is 388 g/mol. The molecule has 0 radical (unpaired) electrons. The van der Waals surface area contributed by atoms with Crippen molar-refractivity contribution in [3.63, 3.8) is 0 Å².